The molecule has 2 rings (SSSR count). The van der Waals surface area contributed by atoms with Crippen LogP contribution in [0.4, 0.5) is 32.0 Å². The largest absolute Gasteiger partial charge is 0.435 e. The summed E-state index contributed by atoms with van der Waals surface area (Å²) in [4.78, 5) is 0. The van der Waals surface area contributed by atoms with Crippen molar-refractivity contribution in [3.63, 3.8) is 0 Å². The fraction of sp³-hybridized carbons (Fsp3) is 0.133. The molecule has 0 aromatic heterocycles. The fourth-order valence-electron chi connectivity index (χ4n) is 1.80. The molecule has 0 fully saturated rings. The van der Waals surface area contributed by atoms with Crippen molar-refractivity contribution in [2.75, 3.05) is 5.43 Å². The van der Waals surface area contributed by atoms with Gasteiger partial charge in [-0.3, -0.25) is 5.43 Å². The molecule has 0 amide bonds. The lowest BCUT2D eigenvalue weighted by Gasteiger charge is -2.13. The number of anilines is 1. The Hall–Kier alpha value is -1.93. The molecule has 0 radical (unpaired) electrons. The average molecular weight is 401 g/mol. The van der Waals surface area contributed by atoms with Crippen molar-refractivity contribution in [3.05, 3.63) is 63.6 Å². The summed E-state index contributed by atoms with van der Waals surface area (Å²) in [6.07, 6.45) is -9.43. The third-order valence-corrected chi connectivity index (χ3v) is 3.54. The molecule has 2 nitrogen and oxygen atoms in total. The van der Waals surface area contributed by atoms with Crippen LogP contribution in [0.2, 0.25) is 10.0 Å². The molecule has 0 aliphatic rings. The van der Waals surface area contributed by atoms with Crippen LogP contribution in [0.5, 0.6) is 0 Å². The van der Waals surface area contributed by atoms with Gasteiger partial charge in [0.15, 0.2) is 5.71 Å². The first-order valence-corrected chi connectivity index (χ1v) is 7.27. The molecule has 0 spiro atoms. The molecule has 0 bridgehead atoms. The van der Waals surface area contributed by atoms with Crippen LogP contribution in [0.1, 0.15) is 11.1 Å². The zero-order chi connectivity index (χ0) is 18.8. The molecule has 0 atom stereocenters. The van der Waals surface area contributed by atoms with Gasteiger partial charge in [0.2, 0.25) is 0 Å². The maximum Gasteiger partial charge on any atom is 0.435 e. The van der Waals surface area contributed by atoms with Gasteiger partial charge in [0.1, 0.15) is 0 Å². The number of nitrogens with zero attached hydrogens (tertiary/aromatic N) is 1. The number of hydrogen-bond acceptors (Lipinski definition) is 2. The highest BCUT2D eigenvalue weighted by molar-refractivity contribution is 6.33. The maximum atomic E-state index is 13.1. The first-order valence-electron chi connectivity index (χ1n) is 6.52. The zero-order valence-electron chi connectivity index (χ0n) is 12.0. The molecule has 134 valence electrons. The molecule has 0 aliphatic heterocycles. The molecule has 0 saturated heterocycles. The molecular weight excluding hydrogens is 393 g/mol. The molecule has 1 N–H and O–H groups in total. The summed E-state index contributed by atoms with van der Waals surface area (Å²) in [7, 11) is 0. The van der Waals surface area contributed by atoms with Crippen LogP contribution < -0.4 is 5.43 Å². The number of rotatable bonds is 3. The Labute approximate surface area is 148 Å². The number of hydrazone groups is 1. The van der Waals surface area contributed by atoms with Gasteiger partial charge < -0.3 is 0 Å². The van der Waals surface area contributed by atoms with Gasteiger partial charge in [0.25, 0.3) is 0 Å². The second-order valence-corrected chi connectivity index (χ2v) is 5.61. The van der Waals surface area contributed by atoms with Crippen molar-refractivity contribution >= 4 is 34.6 Å². The first kappa shape index (κ1) is 19.4. The van der Waals surface area contributed by atoms with Crippen molar-refractivity contribution in [1.29, 1.82) is 0 Å². The van der Waals surface area contributed by atoms with Crippen LogP contribution in [0.3, 0.4) is 0 Å². The Kier molecular flexibility index (Phi) is 5.53. The number of halogens is 8. The topological polar surface area (TPSA) is 24.4 Å². The Morgan fingerprint density at radius 3 is 1.96 bits per heavy atom. The summed E-state index contributed by atoms with van der Waals surface area (Å²) in [6, 6.07) is 6.90. The van der Waals surface area contributed by atoms with Crippen molar-refractivity contribution in [2.24, 2.45) is 5.10 Å². The molecule has 0 heterocycles. The van der Waals surface area contributed by atoms with E-state index in [0.717, 1.165) is 18.2 Å². The van der Waals surface area contributed by atoms with E-state index < -0.39 is 28.7 Å². The Morgan fingerprint density at radius 1 is 0.880 bits per heavy atom. The Bertz CT molecular complexity index is 782. The molecule has 10 heteroatoms. The highest BCUT2D eigenvalue weighted by Gasteiger charge is 2.37. The minimum absolute atomic E-state index is 0.203. The van der Waals surface area contributed by atoms with E-state index in [2.05, 4.69) is 5.10 Å². The normalized spacial score (nSPS) is 13.0. The lowest BCUT2D eigenvalue weighted by Crippen LogP contribution is -2.25. The van der Waals surface area contributed by atoms with E-state index in [-0.39, 0.29) is 16.3 Å². The third kappa shape index (κ3) is 5.02. The molecule has 0 unspecified atom stereocenters. The molecule has 2 aromatic carbocycles. The summed E-state index contributed by atoms with van der Waals surface area (Å²) in [5.41, 5.74) is -0.732. The lowest BCUT2D eigenvalue weighted by atomic mass is 10.1. The summed E-state index contributed by atoms with van der Waals surface area (Å²) >= 11 is 11.3. The van der Waals surface area contributed by atoms with Gasteiger partial charge in [-0.2, -0.15) is 31.4 Å². The van der Waals surface area contributed by atoms with Crippen molar-refractivity contribution in [2.45, 2.75) is 12.4 Å². The van der Waals surface area contributed by atoms with Gasteiger partial charge in [-0.25, -0.2) is 0 Å². The molecule has 0 saturated carbocycles. The lowest BCUT2D eigenvalue weighted by molar-refractivity contribution is -0.137. The number of alkyl halides is 6. The van der Waals surface area contributed by atoms with Crippen molar-refractivity contribution < 1.29 is 26.3 Å². The number of benzene rings is 2. The van der Waals surface area contributed by atoms with Gasteiger partial charge in [0, 0.05) is 10.6 Å². The number of hydrogen-bond donors (Lipinski definition) is 1. The predicted octanol–water partition coefficient (Wildman–Crippen LogP) is 6.39. The highest BCUT2D eigenvalue weighted by atomic mass is 35.5. The van der Waals surface area contributed by atoms with Crippen LogP contribution in [0, 0.1) is 0 Å². The molecule has 25 heavy (non-hydrogen) atoms. The van der Waals surface area contributed by atoms with E-state index in [4.69, 9.17) is 23.2 Å². The van der Waals surface area contributed by atoms with Gasteiger partial charge in [0.05, 0.1) is 16.3 Å². The van der Waals surface area contributed by atoms with Gasteiger partial charge >= 0.3 is 12.4 Å². The monoisotopic (exact) mass is 400 g/mol. The average Bonchev–Trinajstić information content (AvgIpc) is 2.48. The zero-order valence-corrected chi connectivity index (χ0v) is 13.5. The Balaban J connectivity index is 2.35. The number of nitrogens with one attached hydrogen (secondary N) is 1. The predicted molar refractivity (Wildman–Crippen MR) is 84.1 cm³/mol. The van der Waals surface area contributed by atoms with Gasteiger partial charge in [-0.1, -0.05) is 35.3 Å². The van der Waals surface area contributed by atoms with Crippen LogP contribution in [-0.4, -0.2) is 11.9 Å². The summed E-state index contributed by atoms with van der Waals surface area (Å²) in [6.45, 7) is 0. The second-order valence-electron chi connectivity index (χ2n) is 4.77. The van der Waals surface area contributed by atoms with E-state index in [9.17, 15) is 26.3 Å². The molecule has 0 aliphatic carbocycles. The summed E-state index contributed by atoms with van der Waals surface area (Å²) in [5.74, 6) is 0. The van der Waals surface area contributed by atoms with Crippen LogP contribution in [0.25, 0.3) is 0 Å². The summed E-state index contributed by atoms with van der Waals surface area (Å²) in [5, 5.41) is 3.07. The minimum atomic E-state index is -4.81. The van der Waals surface area contributed by atoms with Crippen molar-refractivity contribution in [1.82, 2.24) is 0 Å². The van der Waals surface area contributed by atoms with Gasteiger partial charge in [-0.15, -0.1) is 0 Å². The second kappa shape index (κ2) is 7.13. The quantitative estimate of drug-likeness (QED) is 0.360. The van der Waals surface area contributed by atoms with Crippen LogP contribution in [0.15, 0.2) is 47.6 Å². The van der Waals surface area contributed by atoms with E-state index >= 15 is 0 Å². The highest BCUT2D eigenvalue weighted by Crippen LogP contribution is 2.34. The van der Waals surface area contributed by atoms with E-state index in [1.54, 1.807) is 0 Å². The molecule has 2 aromatic rings. The SMILES string of the molecule is FC(F)(F)C(=NNc1ccc(C(F)(F)F)cc1Cl)c1ccc(Cl)cc1. The van der Waals surface area contributed by atoms with Crippen LogP contribution in [-0.2, 0) is 6.18 Å². The summed E-state index contributed by atoms with van der Waals surface area (Å²) < 4.78 is 77.1. The van der Waals surface area contributed by atoms with E-state index in [0.29, 0.717) is 12.1 Å². The van der Waals surface area contributed by atoms with Crippen molar-refractivity contribution in [3.8, 4) is 0 Å². The molecular formula is C15H8Cl2F6N2. The Morgan fingerprint density at radius 2 is 1.48 bits per heavy atom. The minimum Gasteiger partial charge on any atom is -0.276 e. The maximum absolute atomic E-state index is 13.1. The van der Waals surface area contributed by atoms with E-state index in [1.165, 1.54) is 12.1 Å². The van der Waals surface area contributed by atoms with Crippen LogP contribution >= 0.6 is 23.2 Å². The fourth-order valence-corrected chi connectivity index (χ4v) is 2.15. The third-order valence-electron chi connectivity index (χ3n) is 2.97. The smallest absolute Gasteiger partial charge is 0.276 e. The first-order chi connectivity index (χ1) is 11.5. The van der Waals surface area contributed by atoms with E-state index in [1.807, 2.05) is 5.43 Å². The van der Waals surface area contributed by atoms with Gasteiger partial charge in [-0.05, 0) is 30.3 Å². The standard InChI is InChI=1S/C15H8Cl2F6N2/c16-10-4-1-8(2-5-10)13(15(21,22)23)25-24-12-6-3-9(7-11(12)17)14(18,19)20/h1-7,24H.